The van der Waals surface area contributed by atoms with Gasteiger partial charge in [0.05, 0.1) is 11.4 Å². The molecule has 2 aliphatic rings. The van der Waals surface area contributed by atoms with Crippen molar-refractivity contribution >= 4 is 29.2 Å². The van der Waals surface area contributed by atoms with Gasteiger partial charge < -0.3 is 20.4 Å². The molecule has 4 amide bonds. The summed E-state index contributed by atoms with van der Waals surface area (Å²) in [5, 5.41) is 5.54. The number of hydrogen-bond acceptors (Lipinski definition) is 5. The average Bonchev–Trinajstić information content (AvgIpc) is 3.28. The standard InChI is InChI=1S/C20H30N6O3/c1-2-22-20(29)23-16-8-7-15(18(27)24-21)13-17(16)25-9-11-26(12-10-25)19(28)14-5-3-4-6-14/h7-8,13-14H,2-6,9-12,21H2,1H3,(H,24,27)(H2,22,23,29). The summed E-state index contributed by atoms with van der Waals surface area (Å²) in [4.78, 5) is 40.7. The van der Waals surface area contributed by atoms with Gasteiger partial charge in [0, 0.05) is 44.2 Å². The lowest BCUT2D eigenvalue weighted by Gasteiger charge is -2.38. The summed E-state index contributed by atoms with van der Waals surface area (Å²) in [7, 11) is 0. The number of nitrogens with two attached hydrogens (primary N) is 1. The SMILES string of the molecule is CCNC(=O)Nc1ccc(C(=O)NN)cc1N1CCN(C(=O)C2CCCC2)CC1. The molecule has 1 aromatic carbocycles. The summed E-state index contributed by atoms with van der Waals surface area (Å²) in [5.41, 5.74) is 3.90. The molecule has 3 rings (SSSR count). The molecule has 0 unspecified atom stereocenters. The van der Waals surface area contributed by atoms with E-state index in [1.165, 1.54) is 0 Å². The fourth-order valence-corrected chi connectivity index (χ4v) is 4.05. The number of hydrogen-bond donors (Lipinski definition) is 4. The molecule has 9 nitrogen and oxygen atoms in total. The fraction of sp³-hybridized carbons (Fsp3) is 0.550. The van der Waals surface area contributed by atoms with Gasteiger partial charge in [-0.3, -0.25) is 15.0 Å². The lowest BCUT2D eigenvalue weighted by atomic mass is 10.1. The number of amides is 4. The van der Waals surface area contributed by atoms with Crippen molar-refractivity contribution in [3.63, 3.8) is 0 Å². The van der Waals surface area contributed by atoms with E-state index in [2.05, 4.69) is 21.0 Å². The number of carbonyl (C=O) groups is 3. The van der Waals surface area contributed by atoms with Gasteiger partial charge in [-0.25, -0.2) is 10.6 Å². The van der Waals surface area contributed by atoms with Crippen molar-refractivity contribution in [1.82, 2.24) is 15.6 Å². The summed E-state index contributed by atoms with van der Waals surface area (Å²) in [5.74, 6) is 5.30. The van der Waals surface area contributed by atoms with Gasteiger partial charge >= 0.3 is 6.03 Å². The van der Waals surface area contributed by atoms with E-state index in [-0.39, 0.29) is 17.9 Å². The Morgan fingerprint density at radius 3 is 2.41 bits per heavy atom. The second kappa shape index (κ2) is 9.60. The molecule has 5 N–H and O–H groups in total. The molecule has 0 bridgehead atoms. The van der Waals surface area contributed by atoms with Gasteiger partial charge in [0.25, 0.3) is 5.91 Å². The van der Waals surface area contributed by atoms with E-state index < -0.39 is 5.91 Å². The number of anilines is 2. The zero-order chi connectivity index (χ0) is 20.8. The number of nitrogen functional groups attached to an aromatic ring is 1. The Labute approximate surface area is 170 Å². The number of hydrazine groups is 1. The molecule has 1 aromatic rings. The molecule has 0 atom stereocenters. The molecule has 1 aliphatic carbocycles. The average molecular weight is 402 g/mol. The molecule has 2 fully saturated rings. The summed E-state index contributed by atoms with van der Waals surface area (Å²) >= 11 is 0. The van der Waals surface area contributed by atoms with E-state index in [0.29, 0.717) is 44.0 Å². The van der Waals surface area contributed by atoms with Crippen LogP contribution in [0.25, 0.3) is 0 Å². The normalized spacial score (nSPS) is 17.2. The number of benzene rings is 1. The first-order valence-electron chi connectivity index (χ1n) is 10.3. The minimum atomic E-state index is -0.397. The van der Waals surface area contributed by atoms with Crippen LogP contribution in [0.2, 0.25) is 0 Å². The van der Waals surface area contributed by atoms with Crippen LogP contribution >= 0.6 is 0 Å². The highest BCUT2D eigenvalue weighted by atomic mass is 16.2. The first-order chi connectivity index (χ1) is 14.0. The Balaban J connectivity index is 1.74. The third-order valence-electron chi connectivity index (χ3n) is 5.61. The van der Waals surface area contributed by atoms with Gasteiger partial charge in [0.2, 0.25) is 5.91 Å². The number of piperazine rings is 1. The van der Waals surface area contributed by atoms with E-state index in [1.54, 1.807) is 18.2 Å². The van der Waals surface area contributed by atoms with E-state index in [1.807, 2.05) is 11.8 Å². The molecule has 1 saturated heterocycles. The lowest BCUT2D eigenvalue weighted by molar-refractivity contribution is -0.135. The van der Waals surface area contributed by atoms with Crippen LogP contribution in [0.4, 0.5) is 16.2 Å². The molecule has 1 heterocycles. The monoisotopic (exact) mass is 402 g/mol. The second-order valence-corrected chi connectivity index (χ2v) is 7.48. The third kappa shape index (κ3) is 4.97. The highest BCUT2D eigenvalue weighted by Gasteiger charge is 2.30. The smallest absolute Gasteiger partial charge is 0.319 e. The van der Waals surface area contributed by atoms with Gasteiger partial charge in [-0.05, 0) is 38.0 Å². The maximum atomic E-state index is 12.7. The second-order valence-electron chi connectivity index (χ2n) is 7.48. The largest absolute Gasteiger partial charge is 0.366 e. The molecule has 29 heavy (non-hydrogen) atoms. The lowest BCUT2D eigenvalue weighted by Crippen LogP contribution is -2.50. The molecule has 158 valence electrons. The first-order valence-corrected chi connectivity index (χ1v) is 10.3. The van der Waals surface area contributed by atoms with E-state index >= 15 is 0 Å². The summed E-state index contributed by atoms with van der Waals surface area (Å²) < 4.78 is 0. The van der Waals surface area contributed by atoms with Crippen molar-refractivity contribution in [1.29, 1.82) is 0 Å². The van der Waals surface area contributed by atoms with Gasteiger partial charge in [-0.1, -0.05) is 12.8 Å². The van der Waals surface area contributed by atoms with Gasteiger partial charge in [-0.2, -0.15) is 0 Å². The van der Waals surface area contributed by atoms with Crippen LogP contribution in [0.5, 0.6) is 0 Å². The molecule has 0 spiro atoms. The van der Waals surface area contributed by atoms with Crippen molar-refractivity contribution in [3.8, 4) is 0 Å². The van der Waals surface area contributed by atoms with Crippen LogP contribution in [0.1, 0.15) is 43.0 Å². The highest BCUT2D eigenvalue weighted by Crippen LogP contribution is 2.30. The number of urea groups is 1. The van der Waals surface area contributed by atoms with E-state index in [4.69, 9.17) is 5.84 Å². The first kappa shape index (κ1) is 20.9. The molecule has 1 aliphatic heterocycles. The van der Waals surface area contributed by atoms with Crippen molar-refractivity contribution in [2.24, 2.45) is 11.8 Å². The van der Waals surface area contributed by atoms with E-state index in [0.717, 1.165) is 31.4 Å². The van der Waals surface area contributed by atoms with Gasteiger partial charge in [-0.15, -0.1) is 0 Å². The molecule has 9 heteroatoms. The Hall–Kier alpha value is -2.81. The molecule has 1 saturated carbocycles. The van der Waals surface area contributed by atoms with Gasteiger partial charge in [0.1, 0.15) is 0 Å². The van der Waals surface area contributed by atoms with Crippen LogP contribution in [0, 0.1) is 5.92 Å². The Kier molecular flexibility index (Phi) is 6.92. The number of rotatable bonds is 5. The van der Waals surface area contributed by atoms with Crippen LogP contribution in [-0.2, 0) is 4.79 Å². The van der Waals surface area contributed by atoms with Crippen molar-refractivity contribution in [2.75, 3.05) is 42.9 Å². The maximum absolute atomic E-state index is 12.7. The van der Waals surface area contributed by atoms with Gasteiger partial charge in [0.15, 0.2) is 0 Å². The predicted molar refractivity (Wildman–Crippen MR) is 112 cm³/mol. The van der Waals surface area contributed by atoms with Crippen LogP contribution in [0.15, 0.2) is 18.2 Å². The topological polar surface area (TPSA) is 120 Å². The Morgan fingerprint density at radius 1 is 1.10 bits per heavy atom. The Bertz CT molecular complexity index is 755. The maximum Gasteiger partial charge on any atom is 0.319 e. The number of nitrogens with one attached hydrogen (secondary N) is 3. The summed E-state index contributed by atoms with van der Waals surface area (Å²) in [6.45, 7) is 4.88. The minimum Gasteiger partial charge on any atom is -0.366 e. The zero-order valence-electron chi connectivity index (χ0n) is 16.9. The molecule has 0 aromatic heterocycles. The summed E-state index contributed by atoms with van der Waals surface area (Å²) in [6.07, 6.45) is 4.27. The molecular weight excluding hydrogens is 372 g/mol. The van der Waals surface area contributed by atoms with Crippen LogP contribution in [0.3, 0.4) is 0 Å². The highest BCUT2D eigenvalue weighted by molar-refractivity contribution is 5.98. The minimum absolute atomic E-state index is 0.174. The van der Waals surface area contributed by atoms with Crippen LogP contribution in [-0.4, -0.2) is 55.5 Å². The summed E-state index contributed by atoms with van der Waals surface area (Å²) in [6, 6.07) is 4.73. The van der Waals surface area contributed by atoms with Crippen molar-refractivity contribution in [2.45, 2.75) is 32.6 Å². The zero-order valence-corrected chi connectivity index (χ0v) is 16.9. The molecular formula is C20H30N6O3. The van der Waals surface area contributed by atoms with Crippen LogP contribution < -0.4 is 26.8 Å². The molecule has 0 radical (unpaired) electrons. The van der Waals surface area contributed by atoms with Crippen molar-refractivity contribution < 1.29 is 14.4 Å². The Morgan fingerprint density at radius 2 is 1.79 bits per heavy atom. The number of carbonyl (C=O) groups excluding carboxylic acids is 3. The number of nitrogens with zero attached hydrogens (tertiary/aromatic N) is 2. The van der Waals surface area contributed by atoms with E-state index in [9.17, 15) is 14.4 Å². The van der Waals surface area contributed by atoms with Crippen molar-refractivity contribution in [3.05, 3.63) is 23.8 Å². The third-order valence-corrected chi connectivity index (χ3v) is 5.61. The fourth-order valence-electron chi connectivity index (χ4n) is 4.05. The quantitative estimate of drug-likeness (QED) is 0.336. The predicted octanol–water partition coefficient (Wildman–Crippen LogP) is 1.27.